The second-order valence-corrected chi connectivity index (χ2v) is 16.5. The summed E-state index contributed by atoms with van der Waals surface area (Å²) in [7, 11) is 1.39. The molecule has 7 atom stereocenters. The van der Waals surface area contributed by atoms with Gasteiger partial charge in [-0.15, -0.1) is 0 Å². The summed E-state index contributed by atoms with van der Waals surface area (Å²) in [5.74, 6) is -4.83. The van der Waals surface area contributed by atoms with Crippen LogP contribution in [-0.2, 0) is 38.4 Å². The Kier molecular flexibility index (Phi) is 24.1. The minimum Gasteiger partial charge on any atom is -0.394 e. The molecule has 59 heavy (non-hydrogen) atoms. The van der Waals surface area contributed by atoms with Crippen LogP contribution in [0, 0.1) is 11.8 Å². The molecule has 0 radical (unpaired) electrons. The number of aliphatic hydroxyl groups is 1. The first kappa shape index (κ1) is 52.4. The Hall–Kier alpha value is -4.66. The number of thioether (sulfide) groups is 1. The van der Waals surface area contributed by atoms with E-state index >= 15 is 0 Å². The van der Waals surface area contributed by atoms with Gasteiger partial charge in [0.15, 0.2) is 5.96 Å². The van der Waals surface area contributed by atoms with Gasteiger partial charge in [0, 0.05) is 20.5 Å². The molecule has 0 aliphatic heterocycles. The van der Waals surface area contributed by atoms with Crippen LogP contribution in [0.2, 0.25) is 0 Å². The highest BCUT2D eigenvalue weighted by molar-refractivity contribution is 7.98. The quantitative estimate of drug-likeness (QED) is 0.0259. The van der Waals surface area contributed by atoms with E-state index in [9.17, 15) is 43.5 Å². The Morgan fingerprint density at radius 2 is 1.29 bits per heavy atom. The Balaban J connectivity index is 3.11. The molecule has 1 rings (SSSR count). The van der Waals surface area contributed by atoms with Crippen LogP contribution < -0.4 is 49.1 Å². The Labute approximate surface area is 351 Å². The summed E-state index contributed by atoms with van der Waals surface area (Å²) >= 11 is 1.41. The molecule has 13 N–H and O–H groups in total. The second-order valence-electron chi connectivity index (χ2n) is 15.5. The van der Waals surface area contributed by atoms with Crippen molar-refractivity contribution < 1.29 is 43.5 Å². The summed E-state index contributed by atoms with van der Waals surface area (Å²) in [5.41, 5.74) is 16.3. The van der Waals surface area contributed by atoms with Gasteiger partial charge in [-0.25, -0.2) is 0 Å². The summed E-state index contributed by atoms with van der Waals surface area (Å²) in [6.45, 7) is 7.14. The first-order chi connectivity index (χ1) is 27.7. The molecule has 8 amide bonds. The van der Waals surface area contributed by atoms with Crippen LogP contribution >= 0.6 is 11.8 Å². The normalized spacial score (nSPS) is 16.4. The predicted molar refractivity (Wildman–Crippen MR) is 225 cm³/mol. The lowest BCUT2D eigenvalue weighted by Gasteiger charge is -2.31. The number of guanidine groups is 1. The SMILES string of the molecule is CSCC[C@H](NC(=O)[C@H](C)N(C)C(=O)[C@H](CCCN=C(N)N)NC(=O)[C@H](CC1CCCCC1)NC(C)=O)C(=O)N[C@@H](C)C(=O)N[C@@H](CO)C(=O)N[C@@H](CC(C)C)C(N)=O. The number of aliphatic imine (C=N–C) groups is 1. The molecule has 0 bridgehead atoms. The molecule has 0 saturated heterocycles. The number of nitrogens with zero attached hydrogens (tertiary/aromatic N) is 2. The monoisotopic (exact) mass is 856 g/mol. The molecule has 0 aromatic rings. The number of likely N-dealkylation sites (N-methyl/N-ethyl adjacent to an activating group) is 1. The standard InChI is InChI=1S/C38H69N11O9S/c1-21(2)18-28(31(39)52)47-36(57)30(20-50)48-32(53)22(3)43-34(55)26(15-17-59-7)45-33(54)23(4)49(6)37(58)27(14-11-16-42-38(40)41)46-35(56)29(44-24(5)51)19-25-12-9-8-10-13-25/h21-23,25-30,50H,8-20H2,1-7H3,(H2,39,52)(H,43,55)(H,44,51)(H,45,54)(H,46,56)(H,47,57)(H,48,53)(H4,40,41,42)/t22-,23-,26-,27-,28-,29-,30-/m0/s1. The zero-order chi connectivity index (χ0) is 44.8. The lowest BCUT2D eigenvalue weighted by molar-refractivity contribution is -0.142. The van der Waals surface area contributed by atoms with Crippen molar-refractivity contribution in [1.82, 2.24) is 36.8 Å². The Morgan fingerprint density at radius 3 is 1.83 bits per heavy atom. The number of carbonyl (C=O) groups excluding carboxylic acids is 8. The molecule has 1 fully saturated rings. The average molecular weight is 856 g/mol. The van der Waals surface area contributed by atoms with E-state index in [1.165, 1.54) is 39.6 Å². The van der Waals surface area contributed by atoms with E-state index in [1.807, 2.05) is 13.8 Å². The van der Waals surface area contributed by atoms with Crippen LogP contribution in [0.15, 0.2) is 4.99 Å². The number of aliphatic hydroxyl groups excluding tert-OH is 1. The molecule has 20 nitrogen and oxygen atoms in total. The van der Waals surface area contributed by atoms with E-state index in [1.54, 1.807) is 6.26 Å². The fraction of sp³-hybridized carbons (Fsp3) is 0.763. The maximum Gasteiger partial charge on any atom is 0.245 e. The molecule has 0 spiro atoms. The van der Waals surface area contributed by atoms with Crippen molar-refractivity contribution in [2.24, 2.45) is 34.0 Å². The lowest BCUT2D eigenvalue weighted by atomic mass is 9.84. The fourth-order valence-electron chi connectivity index (χ4n) is 6.54. The number of carbonyl (C=O) groups is 8. The summed E-state index contributed by atoms with van der Waals surface area (Å²) in [6, 6.07) is -7.98. The molecule has 1 saturated carbocycles. The first-order valence-corrected chi connectivity index (χ1v) is 21.6. The molecular weight excluding hydrogens is 787 g/mol. The maximum absolute atomic E-state index is 14.0. The number of primary amides is 1. The average Bonchev–Trinajstić information content (AvgIpc) is 3.17. The van der Waals surface area contributed by atoms with Gasteiger partial charge in [-0.1, -0.05) is 46.0 Å². The maximum atomic E-state index is 14.0. The van der Waals surface area contributed by atoms with Crippen LogP contribution in [0.5, 0.6) is 0 Å². The molecule has 336 valence electrons. The lowest BCUT2D eigenvalue weighted by Crippen LogP contribution is -2.59. The summed E-state index contributed by atoms with van der Waals surface area (Å²) in [4.78, 5) is 110. The summed E-state index contributed by atoms with van der Waals surface area (Å²) < 4.78 is 0. The van der Waals surface area contributed by atoms with Gasteiger partial charge >= 0.3 is 0 Å². The molecule has 0 unspecified atom stereocenters. The smallest absolute Gasteiger partial charge is 0.245 e. The number of amides is 8. The molecule has 0 aromatic heterocycles. The van der Waals surface area contributed by atoms with E-state index in [4.69, 9.17) is 17.2 Å². The molecule has 0 heterocycles. The highest BCUT2D eigenvalue weighted by Crippen LogP contribution is 2.27. The Morgan fingerprint density at radius 1 is 0.729 bits per heavy atom. The van der Waals surface area contributed by atoms with E-state index in [0.29, 0.717) is 18.6 Å². The zero-order valence-electron chi connectivity index (χ0n) is 35.6. The number of hydrogen-bond donors (Lipinski definition) is 10. The van der Waals surface area contributed by atoms with Crippen molar-refractivity contribution in [3.63, 3.8) is 0 Å². The fourth-order valence-corrected chi connectivity index (χ4v) is 7.01. The van der Waals surface area contributed by atoms with Crippen molar-refractivity contribution in [3.8, 4) is 0 Å². The minimum atomic E-state index is -1.45. The van der Waals surface area contributed by atoms with Gasteiger partial charge in [-0.3, -0.25) is 43.3 Å². The summed E-state index contributed by atoms with van der Waals surface area (Å²) in [5, 5.41) is 25.3. The largest absolute Gasteiger partial charge is 0.394 e. The van der Waals surface area contributed by atoms with E-state index in [0.717, 1.165) is 37.0 Å². The summed E-state index contributed by atoms with van der Waals surface area (Å²) in [6.07, 6.45) is 8.08. The van der Waals surface area contributed by atoms with E-state index in [-0.39, 0.29) is 49.5 Å². The van der Waals surface area contributed by atoms with Crippen LogP contribution in [0.1, 0.15) is 98.8 Å². The van der Waals surface area contributed by atoms with Crippen molar-refractivity contribution in [1.29, 1.82) is 0 Å². The topological polar surface area (TPSA) is 323 Å². The number of rotatable bonds is 26. The highest BCUT2D eigenvalue weighted by atomic mass is 32.2. The number of nitrogens with one attached hydrogen (secondary N) is 6. The molecule has 1 aliphatic carbocycles. The van der Waals surface area contributed by atoms with Crippen LogP contribution in [0.4, 0.5) is 0 Å². The van der Waals surface area contributed by atoms with Gasteiger partial charge in [-0.2, -0.15) is 11.8 Å². The van der Waals surface area contributed by atoms with Gasteiger partial charge in [0.25, 0.3) is 0 Å². The van der Waals surface area contributed by atoms with Gasteiger partial charge in [-0.05, 0) is 69.8 Å². The number of nitrogens with two attached hydrogens (primary N) is 3. The molecular formula is C38H69N11O9S. The van der Waals surface area contributed by atoms with Crippen LogP contribution in [0.3, 0.4) is 0 Å². The van der Waals surface area contributed by atoms with Crippen molar-refractivity contribution >= 4 is 65.0 Å². The van der Waals surface area contributed by atoms with Crippen LogP contribution in [0.25, 0.3) is 0 Å². The van der Waals surface area contributed by atoms with E-state index < -0.39 is 90.3 Å². The van der Waals surface area contributed by atoms with Crippen molar-refractivity contribution in [3.05, 3.63) is 0 Å². The zero-order valence-corrected chi connectivity index (χ0v) is 36.5. The van der Waals surface area contributed by atoms with E-state index in [2.05, 4.69) is 36.9 Å². The van der Waals surface area contributed by atoms with Crippen LogP contribution in [-0.4, -0.2) is 138 Å². The minimum absolute atomic E-state index is 0.0109. The van der Waals surface area contributed by atoms with Gasteiger partial charge in [0.2, 0.25) is 47.3 Å². The predicted octanol–water partition coefficient (Wildman–Crippen LogP) is -1.92. The molecule has 21 heteroatoms. The van der Waals surface area contributed by atoms with Gasteiger partial charge in [0.1, 0.15) is 42.3 Å². The third kappa shape index (κ3) is 19.8. The molecule has 1 aliphatic rings. The molecule has 0 aromatic carbocycles. The third-order valence-corrected chi connectivity index (χ3v) is 10.7. The Bertz CT molecular complexity index is 1460. The van der Waals surface area contributed by atoms with Gasteiger partial charge < -0.3 is 59.1 Å². The van der Waals surface area contributed by atoms with Gasteiger partial charge in [0.05, 0.1) is 6.61 Å². The first-order valence-electron chi connectivity index (χ1n) is 20.2. The third-order valence-electron chi connectivity index (χ3n) is 10.0. The number of hydrogen-bond acceptors (Lipinski definition) is 11. The highest BCUT2D eigenvalue weighted by Gasteiger charge is 2.35. The van der Waals surface area contributed by atoms with Crippen molar-refractivity contribution in [2.45, 2.75) is 141 Å². The second kappa shape index (κ2) is 27.2. The van der Waals surface area contributed by atoms with Crippen molar-refractivity contribution in [2.75, 3.05) is 32.2 Å².